The third-order valence-corrected chi connectivity index (χ3v) is 3.12. The van der Waals surface area contributed by atoms with Gasteiger partial charge in [-0.25, -0.2) is 4.98 Å². The minimum atomic E-state index is 0.543. The fourth-order valence-corrected chi connectivity index (χ4v) is 2.00. The lowest BCUT2D eigenvalue weighted by Gasteiger charge is -1.82. The molecule has 2 aromatic heterocycles. The molecule has 0 radical (unpaired) electrons. The molecule has 0 saturated heterocycles. The van der Waals surface area contributed by atoms with Crippen molar-refractivity contribution in [3.63, 3.8) is 0 Å². The van der Waals surface area contributed by atoms with Crippen LogP contribution in [0.25, 0.3) is 10.8 Å². The summed E-state index contributed by atoms with van der Waals surface area (Å²) in [6.45, 7) is 1.96. The summed E-state index contributed by atoms with van der Waals surface area (Å²) in [5.41, 5.74) is 0. The second kappa shape index (κ2) is 2.88. The van der Waals surface area contributed by atoms with Gasteiger partial charge in [-0.1, -0.05) is 5.16 Å². The molecule has 0 unspecified atom stereocenters. The van der Waals surface area contributed by atoms with Crippen LogP contribution in [0.15, 0.2) is 10.7 Å². The Hall–Kier alpha value is -1.23. The Morgan fingerprint density at radius 1 is 1.50 bits per heavy atom. The maximum Gasteiger partial charge on any atom is 0.269 e. The van der Waals surface area contributed by atoms with Gasteiger partial charge >= 0.3 is 0 Å². The first-order valence-electron chi connectivity index (χ1n) is 4.59. The molecule has 0 aromatic carbocycles. The zero-order valence-corrected chi connectivity index (χ0v) is 8.54. The molecule has 0 atom stereocenters. The average Bonchev–Trinajstić information content (AvgIpc) is 2.76. The van der Waals surface area contributed by atoms with Crippen molar-refractivity contribution in [2.45, 2.75) is 25.7 Å². The van der Waals surface area contributed by atoms with Crippen molar-refractivity contribution in [3.8, 4) is 10.8 Å². The molecule has 0 amide bonds. The maximum absolute atomic E-state index is 5.17. The summed E-state index contributed by atoms with van der Waals surface area (Å²) in [5, 5.41) is 4.98. The summed E-state index contributed by atoms with van der Waals surface area (Å²) in [6, 6.07) is 0. The van der Waals surface area contributed by atoms with Gasteiger partial charge in [0, 0.05) is 5.92 Å². The molecule has 1 fully saturated rings. The van der Waals surface area contributed by atoms with Crippen molar-refractivity contribution in [1.82, 2.24) is 15.1 Å². The molecule has 0 spiro atoms. The van der Waals surface area contributed by atoms with E-state index < -0.39 is 0 Å². The lowest BCUT2D eigenvalue weighted by molar-refractivity contribution is 0.423. The minimum absolute atomic E-state index is 0.543. The van der Waals surface area contributed by atoms with Gasteiger partial charge in [-0.05, 0) is 19.8 Å². The van der Waals surface area contributed by atoms with E-state index in [0.717, 1.165) is 15.7 Å². The first-order chi connectivity index (χ1) is 6.83. The van der Waals surface area contributed by atoms with Gasteiger partial charge in [0.15, 0.2) is 5.82 Å². The van der Waals surface area contributed by atoms with E-state index in [4.69, 9.17) is 4.52 Å². The molecule has 5 heteroatoms. The van der Waals surface area contributed by atoms with Gasteiger partial charge in [0.05, 0.1) is 11.2 Å². The van der Waals surface area contributed by atoms with Crippen LogP contribution in [0.4, 0.5) is 0 Å². The molecule has 4 nitrogen and oxygen atoms in total. The molecule has 0 N–H and O–H groups in total. The highest BCUT2D eigenvalue weighted by Crippen LogP contribution is 2.39. The molecule has 1 aliphatic rings. The molecule has 1 saturated carbocycles. The van der Waals surface area contributed by atoms with Crippen LogP contribution in [0.1, 0.15) is 29.6 Å². The summed E-state index contributed by atoms with van der Waals surface area (Å²) in [5.74, 6) is 2.00. The summed E-state index contributed by atoms with van der Waals surface area (Å²) in [6.07, 6.45) is 4.17. The van der Waals surface area contributed by atoms with Gasteiger partial charge < -0.3 is 4.52 Å². The molecule has 0 aliphatic heterocycles. The molecule has 3 rings (SSSR count). The number of hydrogen-bond donors (Lipinski definition) is 0. The van der Waals surface area contributed by atoms with E-state index in [9.17, 15) is 0 Å². The topological polar surface area (TPSA) is 51.8 Å². The fourth-order valence-electron chi connectivity index (χ4n) is 1.30. The Labute approximate surface area is 85.0 Å². The van der Waals surface area contributed by atoms with Crippen molar-refractivity contribution in [2.24, 2.45) is 0 Å². The van der Waals surface area contributed by atoms with Crippen LogP contribution in [0.3, 0.4) is 0 Å². The third kappa shape index (κ3) is 1.33. The van der Waals surface area contributed by atoms with Crippen LogP contribution >= 0.6 is 11.3 Å². The number of aromatic nitrogens is 3. The zero-order chi connectivity index (χ0) is 9.54. The normalized spacial score (nSPS) is 16.1. The summed E-state index contributed by atoms with van der Waals surface area (Å²) in [4.78, 5) is 9.46. The van der Waals surface area contributed by atoms with Crippen LogP contribution in [0, 0.1) is 6.92 Å². The van der Waals surface area contributed by atoms with E-state index in [1.54, 1.807) is 17.5 Å². The van der Waals surface area contributed by atoms with Crippen LogP contribution in [0.2, 0.25) is 0 Å². The zero-order valence-electron chi connectivity index (χ0n) is 7.73. The Bertz CT molecular complexity index is 458. The molecule has 1 aliphatic carbocycles. The number of aryl methyl sites for hydroxylation is 1. The Morgan fingerprint density at radius 3 is 3.00 bits per heavy atom. The lowest BCUT2D eigenvalue weighted by Crippen LogP contribution is -1.80. The lowest BCUT2D eigenvalue weighted by atomic mass is 10.4. The SMILES string of the molecule is Cc1ncc(-c2nc(C3CC3)no2)s1. The second-order valence-corrected chi connectivity index (χ2v) is 4.71. The number of nitrogens with zero attached hydrogens (tertiary/aromatic N) is 3. The predicted molar refractivity (Wildman–Crippen MR) is 52.1 cm³/mol. The quantitative estimate of drug-likeness (QED) is 0.758. The van der Waals surface area contributed by atoms with Crippen molar-refractivity contribution in [2.75, 3.05) is 0 Å². The third-order valence-electron chi connectivity index (χ3n) is 2.22. The number of rotatable bonds is 2. The first kappa shape index (κ1) is 8.11. The standard InChI is InChI=1S/C9H9N3OS/c1-5-10-4-7(14-5)9-11-8(12-13-9)6-2-3-6/h4,6H,2-3H2,1H3. The molecular weight excluding hydrogens is 198 g/mol. The first-order valence-corrected chi connectivity index (χ1v) is 5.41. The summed E-state index contributed by atoms with van der Waals surface area (Å²) >= 11 is 1.58. The minimum Gasteiger partial charge on any atom is -0.333 e. The van der Waals surface area contributed by atoms with Crippen LogP contribution in [-0.4, -0.2) is 15.1 Å². The van der Waals surface area contributed by atoms with Crippen molar-refractivity contribution in [1.29, 1.82) is 0 Å². The predicted octanol–water partition coefficient (Wildman–Crippen LogP) is 2.38. The van der Waals surface area contributed by atoms with Gasteiger partial charge in [-0.15, -0.1) is 11.3 Å². The van der Waals surface area contributed by atoms with Gasteiger partial charge in [0.1, 0.15) is 4.88 Å². The maximum atomic E-state index is 5.17. The highest BCUT2D eigenvalue weighted by molar-refractivity contribution is 7.14. The van der Waals surface area contributed by atoms with Gasteiger partial charge in [-0.3, -0.25) is 0 Å². The summed E-state index contributed by atoms with van der Waals surface area (Å²) < 4.78 is 5.17. The molecule has 72 valence electrons. The van der Waals surface area contributed by atoms with Gasteiger partial charge in [0.25, 0.3) is 5.89 Å². The Kier molecular flexibility index (Phi) is 1.67. The summed E-state index contributed by atoms with van der Waals surface area (Å²) in [7, 11) is 0. The van der Waals surface area contributed by atoms with Crippen LogP contribution in [0.5, 0.6) is 0 Å². The van der Waals surface area contributed by atoms with E-state index >= 15 is 0 Å². The second-order valence-electron chi connectivity index (χ2n) is 3.48. The molecule has 0 bridgehead atoms. The van der Waals surface area contributed by atoms with E-state index in [1.165, 1.54) is 12.8 Å². The van der Waals surface area contributed by atoms with E-state index in [1.807, 2.05) is 6.92 Å². The van der Waals surface area contributed by atoms with Crippen molar-refractivity contribution >= 4 is 11.3 Å². The van der Waals surface area contributed by atoms with Crippen molar-refractivity contribution < 1.29 is 4.52 Å². The smallest absolute Gasteiger partial charge is 0.269 e. The van der Waals surface area contributed by atoms with E-state index in [-0.39, 0.29) is 0 Å². The highest BCUT2D eigenvalue weighted by atomic mass is 32.1. The highest BCUT2D eigenvalue weighted by Gasteiger charge is 2.29. The Balaban J connectivity index is 1.95. The van der Waals surface area contributed by atoms with E-state index in [2.05, 4.69) is 15.1 Å². The van der Waals surface area contributed by atoms with Gasteiger partial charge in [-0.2, -0.15) is 4.98 Å². The van der Waals surface area contributed by atoms with Crippen LogP contribution < -0.4 is 0 Å². The average molecular weight is 207 g/mol. The molecule has 2 aromatic rings. The number of thiazole rings is 1. The number of hydrogen-bond acceptors (Lipinski definition) is 5. The van der Waals surface area contributed by atoms with E-state index in [0.29, 0.717) is 11.8 Å². The fraction of sp³-hybridized carbons (Fsp3) is 0.444. The molecule has 2 heterocycles. The van der Waals surface area contributed by atoms with Crippen LogP contribution in [-0.2, 0) is 0 Å². The molecular formula is C9H9N3OS. The largest absolute Gasteiger partial charge is 0.333 e. The van der Waals surface area contributed by atoms with Crippen molar-refractivity contribution in [3.05, 3.63) is 17.0 Å². The monoisotopic (exact) mass is 207 g/mol. The Morgan fingerprint density at radius 2 is 2.36 bits per heavy atom. The van der Waals surface area contributed by atoms with Gasteiger partial charge in [0.2, 0.25) is 0 Å². The molecule has 14 heavy (non-hydrogen) atoms.